The van der Waals surface area contributed by atoms with Crippen LogP contribution in [0.2, 0.25) is 5.02 Å². The fourth-order valence-electron chi connectivity index (χ4n) is 1.08. The molecule has 0 atom stereocenters. The number of ether oxygens (including phenoxy) is 2. The van der Waals surface area contributed by atoms with E-state index in [1.54, 1.807) is 0 Å². The third kappa shape index (κ3) is 4.01. The van der Waals surface area contributed by atoms with Crippen LogP contribution in [0.15, 0.2) is 18.2 Å². The summed E-state index contributed by atoms with van der Waals surface area (Å²) in [5, 5.41) is 10.5. The molecule has 0 fully saturated rings. The van der Waals surface area contributed by atoms with Gasteiger partial charge in [-0.2, -0.15) is 0 Å². The number of benzene rings is 1. The van der Waals surface area contributed by atoms with E-state index in [4.69, 9.17) is 16.3 Å². The van der Waals surface area contributed by atoms with Gasteiger partial charge in [-0.15, -0.1) is 0 Å². The first-order valence-electron chi connectivity index (χ1n) is 4.62. The molecule has 0 spiro atoms. The highest BCUT2D eigenvalue weighted by atomic mass is 35.5. The number of hydrogen-bond acceptors (Lipinski definition) is 5. The zero-order valence-corrected chi connectivity index (χ0v) is 9.77. The van der Waals surface area contributed by atoms with Gasteiger partial charge in [0, 0.05) is 19.2 Å². The standard InChI is InChI=1S/C10H10ClNO5/c1-16-5-8(13)6-17-10-3-2-7(12(14)15)4-9(10)11/h2-4H,5-6H2,1H3. The van der Waals surface area contributed by atoms with Crippen molar-refractivity contribution in [3.05, 3.63) is 33.3 Å². The van der Waals surface area contributed by atoms with Crippen molar-refractivity contribution in [1.29, 1.82) is 0 Å². The predicted molar refractivity (Wildman–Crippen MR) is 60.5 cm³/mol. The summed E-state index contributed by atoms with van der Waals surface area (Å²) in [7, 11) is 1.40. The van der Waals surface area contributed by atoms with Crippen molar-refractivity contribution in [3.8, 4) is 5.75 Å². The molecule has 0 saturated carbocycles. The van der Waals surface area contributed by atoms with Gasteiger partial charge in [-0.05, 0) is 6.07 Å². The average Bonchev–Trinajstić information content (AvgIpc) is 2.27. The number of ketones is 1. The molecule has 0 aliphatic rings. The van der Waals surface area contributed by atoms with Crippen LogP contribution in [-0.2, 0) is 9.53 Å². The molecule has 0 amide bonds. The van der Waals surface area contributed by atoms with E-state index in [-0.39, 0.29) is 35.5 Å². The molecule has 1 rings (SSSR count). The summed E-state index contributed by atoms with van der Waals surface area (Å²) >= 11 is 5.76. The number of halogens is 1. The van der Waals surface area contributed by atoms with Crippen LogP contribution in [0.4, 0.5) is 5.69 Å². The van der Waals surface area contributed by atoms with Crippen molar-refractivity contribution >= 4 is 23.1 Å². The first kappa shape index (κ1) is 13.4. The Balaban J connectivity index is 2.66. The van der Waals surface area contributed by atoms with E-state index in [0.29, 0.717) is 0 Å². The molecule has 0 aliphatic carbocycles. The molecule has 0 aliphatic heterocycles. The van der Waals surface area contributed by atoms with Crippen LogP contribution in [0.25, 0.3) is 0 Å². The van der Waals surface area contributed by atoms with Gasteiger partial charge >= 0.3 is 0 Å². The maximum atomic E-state index is 11.1. The van der Waals surface area contributed by atoms with Crippen molar-refractivity contribution < 1.29 is 19.2 Å². The zero-order chi connectivity index (χ0) is 12.8. The maximum Gasteiger partial charge on any atom is 0.271 e. The van der Waals surface area contributed by atoms with Gasteiger partial charge in [-0.3, -0.25) is 14.9 Å². The van der Waals surface area contributed by atoms with Crippen LogP contribution in [-0.4, -0.2) is 31.0 Å². The van der Waals surface area contributed by atoms with Gasteiger partial charge < -0.3 is 9.47 Å². The van der Waals surface area contributed by atoms with E-state index in [1.165, 1.54) is 19.2 Å². The molecule has 1 aromatic carbocycles. The second-order valence-electron chi connectivity index (χ2n) is 3.13. The SMILES string of the molecule is COCC(=O)COc1ccc([N+](=O)[O-])cc1Cl. The maximum absolute atomic E-state index is 11.1. The number of nitro benzene ring substituents is 1. The zero-order valence-electron chi connectivity index (χ0n) is 9.01. The monoisotopic (exact) mass is 259 g/mol. The van der Waals surface area contributed by atoms with Gasteiger partial charge in [0.1, 0.15) is 19.0 Å². The number of hydrogen-bond donors (Lipinski definition) is 0. The fraction of sp³-hybridized carbons (Fsp3) is 0.300. The van der Waals surface area contributed by atoms with Gasteiger partial charge in [0.2, 0.25) is 0 Å². The number of nitrogens with zero attached hydrogens (tertiary/aromatic N) is 1. The molecule has 0 N–H and O–H groups in total. The molecule has 6 nitrogen and oxygen atoms in total. The number of rotatable bonds is 6. The van der Waals surface area contributed by atoms with Gasteiger partial charge in [-0.1, -0.05) is 11.6 Å². The summed E-state index contributed by atoms with van der Waals surface area (Å²) < 4.78 is 9.72. The van der Waals surface area contributed by atoms with E-state index in [0.717, 1.165) is 6.07 Å². The molecule has 17 heavy (non-hydrogen) atoms. The lowest BCUT2D eigenvalue weighted by Crippen LogP contribution is -2.16. The van der Waals surface area contributed by atoms with Crippen LogP contribution in [0, 0.1) is 10.1 Å². The Hall–Kier alpha value is -1.66. The number of non-ortho nitro benzene ring substituents is 1. The Morgan fingerprint density at radius 2 is 2.18 bits per heavy atom. The van der Waals surface area contributed by atoms with Gasteiger partial charge in [0.25, 0.3) is 5.69 Å². The minimum atomic E-state index is -0.564. The molecule has 0 aromatic heterocycles. The topological polar surface area (TPSA) is 78.7 Å². The number of carbonyl (C=O) groups is 1. The lowest BCUT2D eigenvalue weighted by molar-refractivity contribution is -0.384. The first-order valence-corrected chi connectivity index (χ1v) is 4.99. The summed E-state index contributed by atoms with van der Waals surface area (Å²) in [5.41, 5.74) is -0.134. The Morgan fingerprint density at radius 1 is 1.47 bits per heavy atom. The van der Waals surface area contributed by atoms with Crippen molar-refractivity contribution in [1.82, 2.24) is 0 Å². The van der Waals surface area contributed by atoms with Crippen LogP contribution in [0.3, 0.4) is 0 Å². The lowest BCUT2D eigenvalue weighted by atomic mass is 10.3. The van der Waals surface area contributed by atoms with Crippen LogP contribution in [0.1, 0.15) is 0 Å². The van der Waals surface area contributed by atoms with Gasteiger partial charge in [0.15, 0.2) is 5.78 Å². The Morgan fingerprint density at radius 3 is 2.71 bits per heavy atom. The van der Waals surface area contributed by atoms with Crippen LogP contribution >= 0.6 is 11.6 Å². The van der Waals surface area contributed by atoms with Crippen LogP contribution < -0.4 is 4.74 Å². The highest BCUT2D eigenvalue weighted by Gasteiger charge is 2.11. The molecule has 0 saturated heterocycles. The quantitative estimate of drug-likeness (QED) is 0.575. The highest BCUT2D eigenvalue weighted by Crippen LogP contribution is 2.28. The molecule has 0 unspecified atom stereocenters. The van der Waals surface area contributed by atoms with E-state index in [9.17, 15) is 14.9 Å². The molecular formula is C10H10ClNO5. The minimum Gasteiger partial charge on any atom is -0.484 e. The van der Waals surface area contributed by atoms with Gasteiger partial charge in [-0.25, -0.2) is 0 Å². The number of carbonyl (C=O) groups excluding carboxylic acids is 1. The number of methoxy groups -OCH3 is 1. The van der Waals surface area contributed by atoms with E-state index in [2.05, 4.69) is 4.74 Å². The average molecular weight is 260 g/mol. The number of Topliss-reactive ketones (excluding diaryl/α,β-unsaturated/α-hetero) is 1. The minimum absolute atomic E-state index is 0.0510. The lowest BCUT2D eigenvalue weighted by Gasteiger charge is -2.06. The fourth-order valence-corrected chi connectivity index (χ4v) is 1.31. The first-order chi connectivity index (χ1) is 8.04. The normalized spacial score (nSPS) is 10.0. The Bertz CT molecular complexity index is 435. The highest BCUT2D eigenvalue weighted by molar-refractivity contribution is 6.32. The van der Waals surface area contributed by atoms with E-state index >= 15 is 0 Å². The second kappa shape index (κ2) is 6.17. The summed E-state index contributed by atoms with van der Waals surface area (Å²) in [5.74, 6) is -0.0244. The molecule has 0 bridgehead atoms. The third-order valence-electron chi connectivity index (χ3n) is 1.82. The molecule has 92 valence electrons. The Labute approximate surface area is 102 Å². The second-order valence-corrected chi connectivity index (χ2v) is 3.54. The van der Waals surface area contributed by atoms with Crippen molar-refractivity contribution in [2.75, 3.05) is 20.3 Å². The molecule has 0 heterocycles. The van der Waals surface area contributed by atoms with E-state index < -0.39 is 4.92 Å². The van der Waals surface area contributed by atoms with Crippen molar-refractivity contribution in [2.24, 2.45) is 0 Å². The molecule has 0 radical (unpaired) electrons. The summed E-state index contributed by atoms with van der Waals surface area (Å²) in [6.45, 7) is -0.240. The molecule has 7 heteroatoms. The van der Waals surface area contributed by atoms with E-state index in [1.807, 2.05) is 0 Å². The molecular weight excluding hydrogens is 250 g/mol. The predicted octanol–water partition coefficient (Wildman–Crippen LogP) is 1.84. The summed E-state index contributed by atoms with van der Waals surface area (Å²) in [6.07, 6.45) is 0. The summed E-state index contributed by atoms with van der Waals surface area (Å²) in [6, 6.07) is 3.76. The number of nitro groups is 1. The molecule has 1 aromatic rings. The smallest absolute Gasteiger partial charge is 0.271 e. The van der Waals surface area contributed by atoms with Gasteiger partial charge in [0.05, 0.1) is 9.95 Å². The largest absolute Gasteiger partial charge is 0.484 e. The van der Waals surface area contributed by atoms with Crippen molar-refractivity contribution in [2.45, 2.75) is 0 Å². The van der Waals surface area contributed by atoms with Crippen molar-refractivity contribution in [3.63, 3.8) is 0 Å². The Kier molecular flexibility index (Phi) is 4.86. The third-order valence-corrected chi connectivity index (χ3v) is 2.12. The summed E-state index contributed by atoms with van der Waals surface area (Å²) in [4.78, 5) is 21.0. The van der Waals surface area contributed by atoms with Crippen LogP contribution in [0.5, 0.6) is 5.75 Å².